The molecule has 5 nitrogen and oxygen atoms in total. The summed E-state index contributed by atoms with van der Waals surface area (Å²) in [4.78, 5) is 6.83. The summed E-state index contributed by atoms with van der Waals surface area (Å²) in [7, 11) is 0. The van der Waals surface area contributed by atoms with Gasteiger partial charge >= 0.3 is 0 Å². The Kier molecular flexibility index (Phi) is 3.89. The lowest BCUT2D eigenvalue weighted by Crippen LogP contribution is -2.33. The summed E-state index contributed by atoms with van der Waals surface area (Å²) in [6, 6.07) is 2.55. The van der Waals surface area contributed by atoms with Gasteiger partial charge in [-0.15, -0.1) is 0 Å². The van der Waals surface area contributed by atoms with Gasteiger partial charge in [0.15, 0.2) is 0 Å². The molecule has 3 heterocycles. The first kappa shape index (κ1) is 13.4. The highest BCUT2D eigenvalue weighted by atomic mass is 16.3. The quantitative estimate of drug-likeness (QED) is 0.905. The van der Waals surface area contributed by atoms with E-state index in [9.17, 15) is 0 Å². The molecule has 1 N–H and O–H groups in total. The molecule has 0 fully saturated rings. The van der Waals surface area contributed by atoms with E-state index in [1.165, 1.54) is 5.56 Å². The highest BCUT2D eigenvalue weighted by molar-refractivity contribution is 5.17. The molecule has 2 aromatic rings. The molecule has 0 bridgehead atoms. The van der Waals surface area contributed by atoms with Crippen LogP contribution in [0.2, 0.25) is 0 Å². The van der Waals surface area contributed by atoms with Crippen LogP contribution in [0.15, 0.2) is 29.1 Å². The second-order valence-electron chi connectivity index (χ2n) is 5.65. The third-order valence-corrected chi connectivity index (χ3v) is 3.73. The minimum atomic E-state index is 0.468. The molecule has 1 aliphatic rings. The standard InChI is InChI=1S/C15H22N4O/c1-12(2)17-9-14-13(3-8-20-14)10-18-6-7-19-5-4-16-15(19)11-18/h3-5,8,12,17H,6-7,9-11H2,1-2H3. The van der Waals surface area contributed by atoms with E-state index in [1.807, 2.05) is 6.20 Å². The number of aromatic nitrogens is 2. The van der Waals surface area contributed by atoms with E-state index in [-0.39, 0.29) is 0 Å². The van der Waals surface area contributed by atoms with E-state index in [0.717, 1.165) is 44.3 Å². The van der Waals surface area contributed by atoms with E-state index in [0.29, 0.717) is 6.04 Å². The zero-order valence-corrected chi connectivity index (χ0v) is 12.2. The first-order valence-electron chi connectivity index (χ1n) is 7.23. The predicted octanol–water partition coefficient (Wildman–Crippen LogP) is 1.99. The van der Waals surface area contributed by atoms with E-state index in [1.54, 1.807) is 6.26 Å². The summed E-state index contributed by atoms with van der Waals surface area (Å²) in [6.45, 7) is 9.01. The summed E-state index contributed by atoms with van der Waals surface area (Å²) in [5.41, 5.74) is 1.28. The Morgan fingerprint density at radius 2 is 2.30 bits per heavy atom. The molecule has 0 saturated carbocycles. The van der Waals surface area contributed by atoms with Crippen molar-refractivity contribution in [1.29, 1.82) is 0 Å². The van der Waals surface area contributed by atoms with Crippen LogP contribution in [0.5, 0.6) is 0 Å². The van der Waals surface area contributed by atoms with Gasteiger partial charge in [0, 0.05) is 43.6 Å². The zero-order valence-electron chi connectivity index (χ0n) is 12.2. The second kappa shape index (κ2) is 5.81. The van der Waals surface area contributed by atoms with Crippen LogP contribution in [-0.2, 0) is 26.2 Å². The first-order valence-corrected chi connectivity index (χ1v) is 7.23. The summed E-state index contributed by atoms with van der Waals surface area (Å²) in [6.07, 6.45) is 5.73. The summed E-state index contributed by atoms with van der Waals surface area (Å²) in [5, 5.41) is 3.41. The highest BCUT2D eigenvalue weighted by Crippen LogP contribution is 2.17. The third kappa shape index (κ3) is 2.94. The molecule has 0 saturated heterocycles. The average molecular weight is 274 g/mol. The molecule has 0 aromatic carbocycles. The molecule has 0 atom stereocenters. The largest absolute Gasteiger partial charge is 0.468 e. The molecule has 0 radical (unpaired) electrons. The van der Waals surface area contributed by atoms with Crippen molar-refractivity contribution >= 4 is 0 Å². The van der Waals surface area contributed by atoms with Gasteiger partial charge in [-0.1, -0.05) is 13.8 Å². The fraction of sp³-hybridized carbons (Fsp3) is 0.533. The van der Waals surface area contributed by atoms with E-state index in [4.69, 9.17) is 4.42 Å². The molecule has 0 unspecified atom stereocenters. The molecule has 0 amide bonds. The van der Waals surface area contributed by atoms with Gasteiger partial charge in [-0.2, -0.15) is 0 Å². The van der Waals surface area contributed by atoms with Crippen LogP contribution >= 0.6 is 0 Å². The Bertz CT molecular complexity index is 558. The zero-order chi connectivity index (χ0) is 13.9. The predicted molar refractivity (Wildman–Crippen MR) is 77.0 cm³/mol. The van der Waals surface area contributed by atoms with Gasteiger partial charge in [0.2, 0.25) is 0 Å². The van der Waals surface area contributed by atoms with Gasteiger partial charge < -0.3 is 14.3 Å². The van der Waals surface area contributed by atoms with Crippen LogP contribution in [0, 0.1) is 0 Å². The number of nitrogens with zero attached hydrogens (tertiary/aromatic N) is 3. The summed E-state index contributed by atoms with van der Waals surface area (Å²) in [5.74, 6) is 2.20. The van der Waals surface area contributed by atoms with Gasteiger partial charge in [0.1, 0.15) is 11.6 Å². The Labute approximate surface area is 119 Å². The molecule has 1 aliphatic heterocycles. The molecule has 0 aliphatic carbocycles. The first-order chi connectivity index (χ1) is 9.72. The maximum Gasteiger partial charge on any atom is 0.122 e. The van der Waals surface area contributed by atoms with Gasteiger partial charge in [-0.3, -0.25) is 4.90 Å². The maximum absolute atomic E-state index is 5.60. The lowest BCUT2D eigenvalue weighted by Gasteiger charge is -2.27. The van der Waals surface area contributed by atoms with Crippen molar-refractivity contribution in [3.63, 3.8) is 0 Å². The molecule has 108 valence electrons. The molecular formula is C15H22N4O. The smallest absolute Gasteiger partial charge is 0.122 e. The van der Waals surface area contributed by atoms with Gasteiger partial charge in [-0.25, -0.2) is 4.98 Å². The van der Waals surface area contributed by atoms with Crippen LogP contribution in [0.25, 0.3) is 0 Å². The van der Waals surface area contributed by atoms with E-state index >= 15 is 0 Å². The summed E-state index contributed by atoms with van der Waals surface area (Å²) >= 11 is 0. The van der Waals surface area contributed by atoms with Crippen molar-refractivity contribution < 1.29 is 4.42 Å². The van der Waals surface area contributed by atoms with Crippen molar-refractivity contribution in [1.82, 2.24) is 19.8 Å². The van der Waals surface area contributed by atoms with E-state index < -0.39 is 0 Å². The second-order valence-corrected chi connectivity index (χ2v) is 5.65. The van der Waals surface area contributed by atoms with E-state index in [2.05, 4.69) is 45.9 Å². The number of fused-ring (bicyclic) bond motifs is 1. The Morgan fingerprint density at radius 1 is 1.40 bits per heavy atom. The number of hydrogen-bond acceptors (Lipinski definition) is 4. The molecule has 5 heteroatoms. The Morgan fingerprint density at radius 3 is 3.15 bits per heavy atom. The molecule has 0 spiro atoms. The van der Waals surface area contributed by atoms with Crippen molar-refractivity contribution in [2.45, 2.75) is 46.1 Å². The maximum atomic E-state index is 5.60. The molecule has 20 heavy (non-hydrogen) atoms. The average Bonchev–Trinajstić information content (AvgIpc) is 3.04. The van der Waals surface area contributed by atoms with Crippen molar-refractivity contribution in [3.05, 3.63) is 41.9 Å². The highest BCUT2D eigenvalue weighted by Gasteiger charge is 2.18. The number of hydrogen-bond donors (Lipinski definition) is 1. The third-order valence-electron chi connectivity index (χ3n) is 3.73. The topological polar surface area (TPSA) is 46.2 Å². The summed E-state index contributed by atoms with van der Waals surface area (Å²) < 4.78 is 7.83. The number of nitrogens with one attached hydrogen (secondary N) is 1. The van der Waals surface area contributed by atoms with Gasteiger partial charge in [0.25, 0.3) is 0 Å². The Balaban J connectivity index is 1.63. The fourth-order valence-corrected chi connectivity index (χ4v) is 2.56. The SMILES string of the molecule is CC(C)NCc1occc1CN1CCn2ccnc2C1. The van der Waals surface area contributed by atoms with Crippen LogP contribution < -0.4 is 5.32 Å². The van der Waals surface area contributed by atoms with Crippen LogP contribution in [0.4, 0.5) is 0 Å². The van der Waals surface area contributed by atoms with Crippen LogP contribution in [0.3, 0.4) is 0 Å². The number of rotatable bonds is 5. The van der Waals surface area contributed by atoms with Crippen molar-refractivity contribution in [2.24, 2.45) is 0 Å². The van der Waals surface area contributed by atoms with Crippen molar-refractivity contribution in [2.75, 3.05) is 6.54 Å². The number of imidazole rings is 1. The van der Waals surface area contributed by atoms with Gasteiger partial charge in [0.05, 0.1) is 19.4 Å². The lowest BCUT2D eigenvalue weighted by atomic mass is 10.2. The molecular weight excluding hydrogens is 252 g/mol. The number of furan rings is 1. The molecule has 2 aromatic heterocycles. The lowest BCUT2D eigenvalue weighted by molar-refractivity contribution is 0.207. The monoisotopic (exact) mass is 274 g/mol. The minimum absolute atomic E-state index is 0.468. The Hall–Kier alpha value is -1.59. The molecule has 3 rings (SSSR count). The van der Waals surface area contributed by atoms with Gasteiger partial charge in [-0.05, 0) is 6.07 Å². The fourth-order valence-electron chi connectivity index (χ4n) is 2.56. The minimum Gasteiger partial charge on any atom is -0.468 e. The van der Waals surface area contributed by atoms with Crippen LogP contribution in [-0.4, -0.2) is 27.0 Å². The normalized spacial score (nSPS) is 15.8. The van der Waals surface area contributed by atoms with Crippen LogP contribution in [0.1, 0.15) is 31.0 Å². The van der Waals surface area contributed by atoms with Crippen molar-refractivity contribution in [3.8, 4) is 0 Å².